The fraction of sp³-hybridized carbons (Fsp3) is 0.231. The lowest BCUT2D eigenvalue weighted by molar-refractivity contribution is -0.142. The van der Waals surface area contributed by atoms with Crippen molar-refractivity contribution >= 4 is 33.8 Å². The van der Waals surface area contributed by atoms with Crippen LogP contribution in [0.15, 0.2) is 77.7 Å². The van der Waals surface area contributed by atoms with Gasteiger partial charge in [0, 0.05) is 5.56 Å². The first-order chi connectivity index (χ1) is 16.7. The van der Waals surface area contributed by atoms with Crippen molar-refractivity contribution in [3.05, 3.63) is 83.9 Å². The van der Waals surface area contributed by atoms with Crippen molar-refractivity contribution in [2.75, 3.05) is 19.1 Å². The van der Waals surface area contributed by atoms with E-state index in [0.29, 0.717) is 23.3 Å². The van der Waals surface area contributed by atoms with Crippen LogP contribution in [0.1, 0.15) is 22.3 Å². The molecule has 3 rings (SSSR count). The summed E-state index contributed by atoms with van der Waals surface area (Å²) in [5.74, 6) is -0.283. The molecule has 7 nitrogen and oxygen atoms in total. The number of ether oxygens (including phenoxy) is 1. The third kappa shape index (κ3) is 6.86. The summed E-state index contributed by atoms with van der Waals surface area (Å²) in [5, 5.41) is 2.74. The minimum Gasteiger partial charge on any atom is -0.467 e. The summed E-state index contributed by atoms with van der Waals surface area (Å²) >= 11 is 1.55. The van der Waals surface area contributed by atoms with Crippen LogP contribution in [0.2, 0.25) is 0 Å². The van der Waals surface area contributed by atoms with E-state index in [4.69, 9.17) is 8.92 Å². The van der Waals surface area contributed by atoms with Crippen LogP contribution in [0.5, 0.6) is 5.75 Å². The van der Waals surface area contributed by atoms with E-state index in [9.17, 15) is 18.0 Å². The smallest absolute Gasteiger partial charge is 0.339 e. The van der Waals surface area contributed by atoms with Crippen LogP contribution >= 0.6 is 11.8 Å². The Morgan fingerprint density at radius 2 is 1.69 bits per heavy atom. The predicted octanol–water partition coefficient (Wildman–Crippen LogP) is 4.45. The van der Waals surface area contributed by atoms with Gasteiger partial charge in [-0.05, 0) is 66.8 Å². The molecule has 0 radical (unpaired) electrons. The third-order valence-corrected chi connectivity index (χ3v) is 7.14. The van der Waals surface area contributed by atoms with Gasteiger partial charge in [0.1, 0.15) is 16.7 Å². The molecular formula is C26H27NO6S2. The van der Waals surface area contributed by atoms with Gasteiger partial charge in [-0.3, -0.25) is 4.79 Å². The van der Waals surface area contributed by atoms with E-state index in [1.165, 1.54) is 37.4 Å². The summed E-state index contributed by atoms with van der Waals surface area (Å²) in [6.45, 7) is 1.86. The van der Waals surface area contributed by atoms with Crippen molar-refractivity contribution in [3.63, 3.8) is 0 Å². The van der Waals surface area contributed by atoms with E-state index in [1.54, 1.807) is 36.0 Å². The van der Waals surface area contributed by atoms with Crippen LogP contribution in [-0.4, -0.2) is 45.5 Å². The second-order valence-electron chi connectivity index (χ2n) is 7.75. The average molecular weight is 514 g/mol. The molecule has 35 heavy (non-hydrogen) atoms. The highest BCUT2D eigenvalue weighted by atomic mass is 32.2. The lowest BCUT2D eigenvalue weighted by atomic mass is 9.98. The largest absolute Gasteiger partial charge is 0.467 e. The standard InChI is InChI=1S/C26H27NO6S2/c1-18-9-12-21(13-10-18)35(30,31)33-20-11-14-22(23(17-20)19-7-5-4-6-8-19)25(28)27-24(15-16-34-3)26(29)32-2/h4-14,17,24H,15-16H2,1-3H3,(H,27,28). The number of esters is 1. The minimum atomic E-state index is -4.07. The second kappa shape index (κ2) is 11.9. The Labute approximate surface area is 210 Å². The lowest BCUT2D eigenvalue weighted by Crippen LogP contribution is -2.42. The third-order valence-electron chi connectivity index (χ3n) is 5.24. The molecule has 0 aliphatic carbocycles. The van der Waals surface area contributed by atoms with Gasteiger partial charge in [-0.25, -0.2) is 4.79 Å². The monoisotopic (exact) mass is 513 g/mol. The zero-order chi connectivity index (χ0) is 25.4. The molecule has 1 unspecified atom stereocenters. The molecule has 0 fully saturated rings. The minimum absolute atomic E-state index is 0.0286. The van der Waals surface area contributed by atoms with Crippen molar-refractivity contribution in [1.29, 1.82) is 0 Å². The number of amides is 1. The number of hydrogen-bond donors (Lipinski definition) is 1. The Morgan fingerprint density at radius 3 is 2.31 bits per heavy atom. The number of benzene rings is 3. The molecule has 0 saturated carbocycles. The van der Waals surface area contributed by atoms with Gasteiger partial charge in [-0.15, -0.1) is 0 Å². The maximum Gasteiger partial charge on any atom is 0.339 e. The Morgan fingerprint density at radius 1 is 1.00 bits per heavy atom. The molecule has 0 aliphatic rings. The summed E-state index contributed by atoms with van der Waals surface area (Å²) in [6, 6.07) is 19.0. The number of nitrogens with one attached hydrogen (secondary N) is 1. The molecule has 0 aromatic heterocycles. The Kier molecular flexibility index (Phi) is 8.95. The van der Waals surface area contributed by atoms with E-state index in [2.05, 4.69) is 5.32 Å². The molecule has 1 amide bonds. The summed E-state index contributed by atoms with van der Waals surface area (Å²) in [4.78, 5) is 25.4. The quantitative estimate of drug-likeness (QED) is 0.316. The number of thioether (sulfide) groups is 1. The van der Waals surface area contributed by atoms with E-state index >= 15 is 0 Å². The van der Waals surface area contributed by atoms with E-state index in [-0.39, 0.29) is 16.2 Å². The normalized spacial score (nSPS) is 12.0. The Hall–Kier alpha value is -3.30. The Balaban J connectivity index is 1.96. The number of hydrogen-bond acceptors (Lipinski definition) is 7. The molecule has 184 valence electrons. The van der Waals surface area contributed by atoms with Crippen LogP contribution in [0.3, 0.4) is 0 Å². The zero-order valence-corrected chi connectivity index (χ0v) is 21.3. The molecule has 0 aliphatic heterocycles. The van der Waals surface area contributed by atoms with Crippen LogP contribution in [0.25, 0.3) is 11.1 Å². The number of aryl methyl sites for hydroxylation is 1. The van der Waals surface area contributed by atoms with Gasteiger partial charge in [0.2, 0.25) is 0 Å². The number of carbonyl (C=O) groups is 2. The van der Waals surface area contributed by atoms with Gasteiger partial charge in [0.05, 0.1) is 7.11 Å². The number of carbonyl (C=O) groups excluding carboxylic acids is 2. The van der Waals surface area contributed by atoms with E-state index < -0.39 is 28.0 Å². The molecular weight excluding hydrogens is 486 g/mol. The summed E-state index contributed by atoms with van der Waals surface area (Å²) in [6.07, 6.45) is 2.32. The van der Waals surface area contributed by atoms with Gasteiger partial charge < -0.3 is 14.2 Å². The Bertz CT molecular complexity index is 1270. The molecule has 1 N–H and O–H groups in total. The van der Waals surface area contributed by atoms with Gasteiger partial charge in [0.25, 0.3) is 5.91 Å². The highest BCUT2D eigenvalue weighted by Crippen LogP contribution is 2.30. The highest BCUT2D eigenvalue weighted by molar-refractivity contribution is 7.98. The zero-order valence-electron chi connectivity index (χ0n) is 19.7. The molecule has 0 heterocycles. The van der Waals surface area contributed by atoms with Crippen molar-refractivity contribution in [3.8, 4) is 16.9 Å². The second-order valence-corrected chi connectivity index (χ2v) is 10.3. The summed E-state index contributed by atoms with van der Waals surface area (Å²) in [7, 11) is -2.80. The SMILES string of the molecule is COC(=O)C(CCSC)NC(=O)c1ccc(OS(=O)(=O)c2ccc(C)cc2)cc1-c1ccccc1. The fourth-order valence-corrected chi connectivity index (χ4v) is 4.77. The van der Waals surface area contributed by atoms with Crippen LogP contribution in [0.4, 0.5) is 0 Å². The van der Waals surface area contributed by atoms with Gasteiger partial charge in [-0.2, -0.15) is 20.2 Å². The van der Waals surface area contributed by atoms with Crippen molar-refractivity contribution in [1.82, 2.24) is 5.32 Å². The van der Waals surface area contributed by atoms with Crippen molar-refractivity contribution in [2.45, 2.75) is 24.3 Å². The molecule has 0 bridgehead atoms. The first-order valence-electron chi connectivity index (χ1n) is 10.8. The van der Waals surface area contributed by atoms with Crippen LogP contribution in [-0.2, 0) is 19.6 Å². The van der Waals surface area contributed by atoms with Gasteiger partial charge in [0.15, 0.2) is 0 Å². The fourth-order valence-electron chi connectivity index (χ4n) is 3.37. The first-order valence-corrected chi connectivity index (χ1v) is 13.6. The number of methoxy groups -OCH3 is 1. The topological polar surface area (TPSA) is 98.8 Å². The van der Waals surface area contributed by atoms with Crippen molar-refractivity contribution in [2.24, 2.45) is 0 Å². The molecule has 0 spiro atoms. The summed E-state index contributed by atoms with van der Waals surface area (Å²) in [5.41, 5.74) is 2.35. The first kappa shape index (κ1) is 26.3. The average Bonchev–Trinajstić information content (AvgIpc) is 2.86. The van der Waals surface area contributed by atoms with Gasteiger partial charge in [-0.1, -0.05) is 48.0 Å². The highest BCUT2D eigenvalue weighted by Gasteiger charge is 2.24. The molecule has 0 saturated heterocycles. The predicted molar refractivity (Wildman–Crippen MR) is 137 cm³/mol. The lowest BCUT2D eigenvalue weighted by Gasteiger charge is -2.18. The molecule has 3 aromatic rings. The van der Waals surface area contributed by atoms with Gasteiger partial charge >= 0.3 is 16.1 Å². The van der Waals surface area contributed by atoms with Crippen LogP contribution < -0.4 is 9.50 Å². The van der Waals surface area contributed by atoms with Crippen molar-refractivity contribution < 1.29 is 26.9 Å². The van der Waals surface area contributed by atoms with E-state index in [0.717, 1.165) is 5.56 Å². The maximum atomic E-state index is 13.2. The molecule has 1 atom stereocenters. The van der Waals surface area contributed by atoms with Crippen LogP contribution in [0, 0.1) is 6.92 Å². The molecule has 3 aromatic carbocycles. The van der Waals surface area contributed by atoms with E-state index in [1.807, 2.05) is 31.4 Å². The number of rotatable bonds is 10. The molecule has 9 heteroatoms. The maximum absolute atomic E-state index is 13.2. The summed E-state index contributed by atoms with van der Waals surface area (Å²) < 4.78 is 35.8.